The summed E-state index contributed by atoms with van der Waals surface area (Å²) in [6.07, 6.45) is -1.17. The molecular weight excluding hydrogens is 295 g/mol. The van der Waals surface area contributed by atoms with E-state index in [9.17, 15) is 14.3 Å². The second-order valence-electron chi connectivity index (χ2n) is 6.49. The number of carboxylic acid groups (broad SMARTS) is 1. The van der Waals surface area contributed by atoms with Crippen LogP contribution in [-0.2, 0) is 16.6 Å². The van der Waals surface area contributed by atoms with E-state index in [2.05, 4.69) is 0 Å². The van der Waals surface area contributed by atoms with Crippen LogP contribution in [0.3, 0.4) is 0 Å². The fourth-order valence-electron chi connectivity index (χ4n) is 2.39. The highest BCUT2D eigenvalue weighted by Crippen LogP contribution is 2.32. The molecule has 0 aliphatic rings. The normalized spacial score (nSPS) is 12.7. The molecule has 4 heteroatoms. The molecule has 23 heavy (non-hydrogen) atoms. The van der Waals surface area contributed by atoms with E-state index in [1.54, 1.807) is 30.3 Å². The van der Waals surface area contributed by atoms with E-state index in [1.165, 1.54) is 6.07 Å². The highest BCUT2D eigenvalue weighted by molar-refractivity contribution is 5.73. The molecule has 0 saturated carbocycles. The van der Waals surface area contributed by atoms with Gasteiger partial charge in [-0.25, -0.2) is 9.18 Å². The van der Waals surface area contributed by atoms with Crippen molar-refractivity contribution in [1.29, 1.82) is 0 Å². The van der Waals surface area contributed by atoms with Crippen LogP contribution >= 0.6 is 0 Å². The van der Waals surface area contributed by atoms with Gasteiger partial charge in [0, 0.05) is 6.42 Å². The second-order valence-corrected chi connectivity index (χ2v) is 6.49. The summed E-state index contributed by atoms with van der Waals surface area (Å²) in [4.78, 5) is 11.5. The topological polar surface area (TPSA) is 46.5 Å². The zero-order chi connectivity index (χ0) is 17.0. The SMILES string of the molecule is CC(C)(C)c1ccccc1O[C@H](Cc1ccccc1F)C(=O)O. The Hall–Kier alpha value is -2.36. The van der Waals surface area contributed by atoms with Crippen molar-refractivity contribution in [1.82, 2.24) is 0 Å². The molecular formula is C19H21FO3. The third-order valence-electron chi connectivity index (χ3n) is 3.60. The van der Waals surface area contributed by atoms with Gasteiger partial charge in [0.1, 0.15) is 11.6 Å². The van der Waals surface area contributed by atoms with Crippen molar-refractivity contribution in [3.05, 3.63) is 65.5 Å². The molecule has 2 aromatic rings. The molecule has 0 unspecified atom stereocenters. The Labute approximate surface area is 135 Å². The maximum Gasteiger partial charge on any atom is 0.345 e. The number of hydrogen-bond donors (Lipinski definition) is 1. The highest BCUT2D eigenvalue weighted by atomic mass is 19.1. The third-order valence-corrected chi connectivity index (χ3v) is 3.60. The zero-order valence-corrected chi connectivity index (χ0v) is 13.5. The van der Waals surface area contributed by atoms with Crippen LogP contribution in [0.5, 0.6) is 5.75 Å². The molecule has 1 atom stereocenters. The first-order valence-electron chi connectivity index (χ1n) is 7.51. The lowest BCUT2D eigenvalue weighted by atomic mass is 9.86. The van der Waals surface area contributed by atoms with Gasteiger partial charge in [0.15, 0.2) is 6.10 Å². The first-order valence-corrected chi connectivity index (χ1v) is 7.51. The predicted octanol–water partition coefficient (Wildman–Crippen LogP) is 4.20. The molecule has 0 aliphatic heterocycles. The van der Waals surface area contributed by atoms with Gasteiger partial charge in [-0.05, 0) is 28.7 Å². The van der Waals surface area contributed by atoms with Crippen molar-refractivity contribution >= 4 is 5.97 Å². The third kappa shape index (κ3) is 4.31. The molecule has 3 nitrogen and oxygen atoms in total. The Morgan fingerprint density at radius 2 is 1.74 bits per heavy atom. The summed E-state index contributed by atoms with van der Waals surface area (Å²) in [5, 5.41) is 9.43. The molecule has 0 amide bonds. The van der Waals surface area contributed by atoms with Crippen LogP contribution in [0, 0.1) is 5.82 Å². The largest absolute Gasteiger partial charge is 0.478 e. The van der Waals surface area contributed by atoms with Crippen LogP contribution in [0.2, 0.25) is 0 Å². The summed E-state index contributed by atoms with van der Waals surface area (Å²) in [7, 11) is 0. The van der Waals surface area contributed by atoms with Crippen molar-refractivity contribution in [3.8, 4) is 5.75 Å². The number of aliphatic carboxylic acids is 1. The fraction of sp³-hybridized carbons (Fsp3) is 0.316. The summed E-state index contributed by atoms with van der Waals surface area (Å²) < 4.78 is 19.5. The summed E-state index contributed by atoms with van der Waals surface area (Å²) in [6, 6.07) is 13.5. The van der Waals surface area contributed by atoms with E-state index in [4.69, 9.17) is 4.74 Å². The summed E-state index contributed by atoms with van der Waals surface area (Å²) in [6.45, 7) is 6.09. The first kappa shape index (κ1) is 17.0. The number of benzene rings is 2. The van der Waals surface area contributed by atoms with Gasteiger partial charge in [-0.2, -0.15) is 0 Å². The molecule has 1 N–H and O–H groups in total. The van der Waals surface area contributed by atoms with Crippen molar-refractivity contribution < 1.29 is 19.0 Å². The second kappa shape index (κ2) is 6.82. The quantitative estimate of drug-likeness (QED) is 0.899. The lowest BCUT2D eigenvalue weighted by Crippen LogP contribution is -2.30. The summed E-state index contributed by atoms with van der Waals surface area (Å²) in [5.74, 6) is -1.02. The van der Waals surface area contributed by atoms with Gasteiger partial charge in [0.05, 0.1) is 0 Å². The van der Waals surface area contributed by atoms with Crippen LogP contribution in [0.1, 0.15) is 31.9 Å². The number of carboxylic acids is 1. The molecule has 2 aromatic carbocycles. The highest BCUT2D eigenvalue weighted by Gasteiger charge is 2.25. The van der Waals surface area contributed by atoms with Gasteiger partial charge in [0.2, 0.25) is 0 Å². The smallest absolute Gasteiger partial charge is 0.345 e. The van der Waals surface area contributed by atoms with Gasteiger partial charge >= 0.3 is 5.97 Å². The lowest BCUT2D eigenvalue weighted by Gasteiger charge is -2.24. The molecule has 2 rings (SSSR count). The Kier molecular flexibility index (Phi) is 5.04. The number of halogens is 1. The van der Waals surface area contributed by atoms with E-state index in [0.29, 0.717) is 11.3 Å². The monoisotopic (exact) mass is 316 g/mol. The van der Waals surface area contributed by atoms with E-state index >= 15 is 0 Å². The molecule has 0 fully saturated rings. The summed E-state index contributed by atoms with van der Waals surface area (Å²) >= 11 is 0. The fourth-order valence-corrected chi connectivity index (χ4v) is 2.39. The molecule has 122 valence electrons. The molecule has 0 radical (unpaired) electrons. The molecule has 0 bridgehead atoms. The minimum absolute atomic E-state index is 0.0273. The summed E-state index contributed by atoms with van der Waals surface area (Å²) in [5.41, 5.74) is 1.06. The van der Waals surface area contributed by atoms with Crippen molar-refractivity contribution in [3.63, 3.8) is 0 Å². The maximum atomic E-state index is 13.8. The van der Waals surface area contributed by atoms with Gasteiger partial charge in [0.25, 0.3) is 0 Å². The van der Waals surface area contributed by atoms with E-state index < -0.39 is 17.9 Å². The number of rotatable bonds is 5. The number of para-hydroxylation sites is 1. The average molecular weight is 316 g/mol. The lowest BCUT2D eigenvalue weighted by molar-refractivity contribution is -0.145. The molecule has 0 saturated heterocycles. The minimum atomic E-state index is -1.14. The van der Waals surface area contributed by atoms with Gasteiger partial charge in [-0.3, -0.25) is 0 Å². The van der Waals surface area contributed by atoms with Crippen LogP contribution in [0.25, 0.3) is 0 Å². The Morgan fingerprint density at radius 3 is 2.35 bits per heavy atom. The minimum Gasteiger partial charge on any atom is -0.478 e. The van der Waals surface area contributed by atoms with Crippen LogP contribution in [-0.4, -0.2) is 17.2 Å². The van der Waals surface area contributed by atoms with E-state index in [-0.39, 0.29) is 11.8 Å². The standard InChI is InChI=1S/C19H21FO3/c1-19(2,3)14-9-5-7-11-16(14)23-17(18(21)22)12-13-8-4-6-10-15(13)20/h4-11,17H,12H2,1-3H3,(H,21,22)/t17-/m1/s1. The number of hydrogen-bond acceptors (Lipinski definition) is 2. The van der Waals surface area contributed by atoms with E-state index in [0.717, 1.165) is 5.56 Å². The van der Waals surface area contributed by atoms with E-state index in [1.807, 2.05) is 32.9 Å². The number of ether oxygens (including phenoxy) is 1. The molecule has 0 spiro atoms. The van der Waals surface area contributed by atoms with Crippen molar-refractivity contribution in [2.45, 2.75) is 38.7 Å². The zero-order valence-electron chi connectivity index (χ0n) is 13.5. The molecule has 0 aliphatic carbocycles. The Morgan fingerprint density at radius 1 is 1.13 bits per heavy atom. The maximum absolute atomic E-state index is 13.8. The van der Waals surface area contributed by atoms with Crippen LogP contribution in [0.15, 0.2) is 48.5 Å². The Balaban J connectivity index is 2.28. The first-order chi connectivity index (χ1) is 10.8. The average Bonchev–Trinajstić information content (AvgIpc) is 2.48. The van der Waals surface area contributed by atoms with Gasteiger partial charge in [-0.15, -0.1) is 0 Å². The van der Waals surface area contributed by atoms with Crippen molar-refractivity contribution in [2.75, 3.05) is 0 Å². The van der Waals surface area contributed by atoms with Crippen molar-refractivity contribution in [2.24, 2.45) is 0 Å². The molecule has 0 aromatic heterocycles. The van der Waals surface area contributed by atoms with Gasteiger partial charge in [-0.1, -0.05) is 57.2 Å². The van der Waals surface area contributed by atoms with Crippen LogP contribution in [0.4, 0.5) is 4.39 Å². The molecule has 0 heterocycles. The Bertz CT molecular complexity index is 689. The predicted molar refractivity (Wildman–Crippen MR) is 87.3 cm³/mol. The van der Waals surface area contributed by atoms with Crippen LogP contribution < -0.4 is 4.74 Å². The number of carbonyl (C=O) groups is 1. The van der Waals surface area contributed by atoms with Gasteiger partial charge < -0.3 is 9.84 Å².